The Morgan fingerprint density at radius 1 is 1.30 bits per heavy atom. The van der Waals surface area contributed by atoms with Crippen LogP contribution in [0.15, 0.2) is 42.6 Å². The van der Waals surface area contributed by atoms with Gasteiger partial charge in [-0.25, -0.2) is 9.18 Å². The number of nitrogens with zero attached hydrogens (tertiary/aromatic N) is 2. The molecule has 4 nitrogen and oxygen atoms in total. The van der Waals surface area contributed by atoms with Crippen LogP contribution in [0.4, 0.5) is 14.9 Å². The minimum atomic E-state index is -0.412. The second-order valence-electron chi connectivity index (χ2n) is 5.87. The van der Waals surface area contributed by atoms with Gasteiger partial charge in [0, 0.05) is 12.7 Å². The number of hydrogen-bond acceptors (Lipinski definition) is 2. The number of hydrogen-bond donors (Lipinski definition) is 1. The van der Waals surface area contributed by atoms with E-state index in [0.29, 0.717) is 6.54 Å². The monoisotopic (exact) mass is 313 g/mol. The molecular formula is C18H20FN3O. The van der Waals surface area contributed by atoms with Crippen molar-refractivity contribution in [3.8, 4) is 0 Å². The Balaban J connectivity index is 1.79. The highest BCUT2D eigenvalue weighted by Gasteiger charge is 2.29. The van der Waals surface area contributed by atoms with Crippen molar-refractivity contribution in [2.45, 2.75) is 32.2 Å². The number of halogens is 1. The summed E-state index contributed by atoms with van der Waals surface area (Å²) < 4.78 is 14.0. The predicted molar refractivity (Wildman–Crippen MR) is 87.7 cm³/mol. The Morgan fingerprint density at radius 2 is 2.17 bits per heavy atom. The molecule has 3 rings (SSSR count). The van der Waals surface area contributed by atoms with Crippen LogP contribution in [0.25, 0.3) is 0 Å². The van der Waals surface area contributed by atoms with Gasteiger partial charge in [0.05, 0.1) is 17.4 Å². The van der Waals surface area contributed by atoms with Crippen LogP contribution in [0, 0.1) is 12.7 Å². The van der Waals surface area contributed by atoms with Crippen molar-refractivity contribution in [3.05, 3.63) is 59.7 Å². The topological polar surface area (TPSA) is 45.2 Å². The van der Waals surface area contributed by atoms with Crippen molar-refractivity contribution in [2.24, 2.45) is 0 Å². The lowest BCUT2D eigenvalue weighted by atomic mass is 9.99. The molecule has 23 heavy (non-hydrogen) atoms. The summed E-state index contributed by atoms with van der Waals surface area (Å²) >= 11 is 0. The lowest BCUT2D eigenvalue weighted by molar-refractivity contribution is 0.161. The molecule has 1 aliphatic heterocycles. The van der Waals surface area contributed by atoms with Gasteiger partial charge in [-0.15, -0.1) is 0 Å². The first-order chi connectivity index (χ1) is 11.1. The maximum absolute atomic E-state index is 14.0. The number of piperidine rings is 1. The standard InChI is InChI=1S/C18H20FN3O/c1-13-8-9-15(14(19)12-13)21-18(23)22-11-5-3-7-17(22)16-6-2-4-10-20-16/h2,4,6,8-10,12,17H,3,5,7,11H2,1H3,(H,21,23)/t17-/m0/s1. The number of urea groups is 1. The molecule has 120 valence electrons. The summed E-state index contributed by atoms with van der Waals surface area (Å²) in [5.41, 5.74) is 1.92. The van der Waals surface area contributed by atoms with E-state index in [1.54, 1.807) is 23.2 Å². The number of pyridine rings is 1. The minimum Gasteiger partial charge on any atom is -0.316 e. The zero-order chi connectivity index (χ0) is 16.2. The second kappa shape index (κ2) is 6.77. The first kappa shape index (κ1) is 15.5. The summed E-state index contributed by atoms with van der Waals surface area (Å²) in [6.45, 7) is 2.47. The molecule has 2 heterocycles. The third-order valence-electron chi connectivity index (χ3n) is 4.16. The van der Waals surface area contributed by atoms with Crippen molar-refractivity contribution in [1.29, 1.82) is 0 Å². The molecule has 1 N–H and O–H groups in total. The predicted octanol–water partition coefficient (Wildman–Crippen LogP) is 4.29. The molecule has 0 spiro atoms. The molecule has 0 radical (unpaired) electrons. The normalized spacial score (nSPS) is 17.8. The molecule has 1 fully saturated rings. The summed E-state index contributed by atoms with van der Waals surface area (Å²) in [4.78, 5) is 18.7. The zero-order valence-corrected chi connectivity index (χ0v) is 13.1. The number of benzene rings is 1. The number of amides is 2. The van der Waals surface area contributed by atoms with Gasteiger partial charge in [0.1, 0.15) is 5.82 Å². The van der Waals surface area contributed by atoms with Gasteiger partial charge in [-0.3, -0.25) is 4.98 Å². The van der Waals surface area contributed by atoms with E-state index in [-0.39, 0.29) is 17.8 Å². The van der Waals surface area contributed by atoms with Crippen molar-refractivity contribution < 1.29 is 9.18 Å². The lowest BCUT2D eigenvalue weighted by Gasteiger charge is -2.35. The third-order valence-corrected chi connectivity index (χ3v) is 4.16. The molecule has 1 saturated heterocycles. The van der Waals surface area contributed by atoms with E-state index in [0.717, 1.165) is 30.5 Å². The first-order valence-electron chi connectivity index (χ1n) is 7.90. The summed E-state index contributed by atoms with van der Waals surface area (Å²) in [7, 11) is 0. The summed E-state index contributed by atoms with van der Waals surface area (Å²) in [6, 6.07) is 10.2. The maximum atomic E-state index is 14.0. The molecule has 5 heteroatoms. The van der Waals surface area contributed by atoms with E-state index < -0.39 is 5.82 Å². The fourth-order valence-electron chi connectivity index (χ4n) is 2.96. The van der Waals surface area contributed by atoms with Crippen molar-refractivity contribution in [1.82, 2.24) is 9.88 Å². The maximum Gasteiger partial charge on any atom is 0.322 e. The molecule has 2 aromatic rings. The van der Waals surface area contributed by atoms with Crippen LogP contribution < -0.4 is 5.32 Å². The van der Waals surface area contributed by atoms with Crippen LogP contribution in [0.1, 0.15) is 36.6 Å². The Labute approximate surface area is 135 Å². The molecule has 0 unspecified atom stereocenters. The SMILES string of the molecule is Cc1ccc(NC(=O)N2CCCC[C@H]2c2ccccn2)c(F)c1. The number of carbonyl (C=O) groups is 1. The van der Waals surface area contributed by atoms with Crippen LogP contribution in [-0.4, -0.2) is 22.5 Å². The zero-order valence-electron chi connectivity index (χ0n) is 13.1. The van der Waals surface area contributed by atoms with E-state index in [4.69, 9.17) is 0 Å². The molecule has 0 saturated carbocycles. The van der Waals surface area contributed by atoms with Crippen LogP contribution >= 0.6 is 0 Å². The number of anilines is 1. The van der Waals surface area contributed by atoms with E-state index in [1.807, 2.05) is 25.1 Å². The summed E-state index contributed by atoms with van der Waals surface area (Å²) in [6.07, 6.45) is 4.62. The summed E-state index contributed by atoms with van der Waals surface area (Å²) in [5.74, 6) is -0.412. The van der Waals surface area contributed by atoms with E-state index >= 15 is 0 Å². The largest absolute Gasteiger partial charge is 0.322 e. The lowest BCUT2D eigenvalue weighted by Crippen LogP contribution is -2.41. The fourth-order valence-corrected chi connectivity index (χ4v) is 2.96. The van der Waals surface area contributed by atoms with Crippen molar-refractivity contribution >= 4 is 11.7 Å². The number of nitrogens with one attached hydrogen (secondary N) is 1. The van der Waals surface area contributed by atoms with Gasteiger partial charge in [-0.05, 0) is 56.0 Å². The van der Waals surface area contributed by atoms with Crippen molar-refractivity contribution in [2.75, 3.05) is 11.9 Å². The van der Waals surface area contributed by atoms with Crippen LogP contribution in [0.2, 0.25) is 0 Å². The molecule has 0 aliphatic carbocycles. The number of likely N-dealkylation sites (tertiary alicyclic amines) is 1. The number of aryl methyl sites for hydroxylation is 1. The van der Waals surface area contributed by atoms with Crippen LogP contribution in [-0.2, 0) is 0 Å². The molecular weight excluding hydrogens is 293 g/mol. The molecule has 1 atom stereocenters. The average molecular weight is 313 g/mol. The van der Waals surface area contributed by atoms with Crippen LogP contribution in [0.3, 0.4) is 0 Å². The Morgan fingerprint density at radius 3 is 2.91 bits per heavy atom. The minimum absolute atomic E-state index is 0.0570. The van der Waals surface area contributed by atoms with Crippen molar-refractivity contribution in [3.63, 3.8) is 0 Å². The Hall–Kier alpha value is -2.43. The van der Waals surface area contributed by atoms with E-state index in [9.17, 15) is 9.18 Å². The average Bonchev–Trinajstić information content (AvgIpc) is 2.58. The smallest absolute Gasteiger partial charge is 0.316 e. The second-order valence-corrected chi connectivity index (χ2v) is 5.87. The van der Waals surface area contributed by atoms with Gasteiger partial charge in [0.25, 0.3) is 0 Å². The van der Waals surface area contributed by atoms with Gasteiger partial charge >= 0.3 is 6.03 Å². The molecule has 0 bridgehead atoms. The first-order valence-corrected chi connectivity index (χ1v) is 7.90. The third kappa shape index (κ3) is 3.50. The number of carbonyl (C=O) groups excluding carboxylic acids is 1. The molecule has 1 aromatic heterocycles. The number of rotatable bonds is 2. The number of aromatic nitrogens is 1. The van der Waals surface area contributed by atoms with E-state index in [2.05, 4.69) is 10.3 Å². The Bertz CT molecular complexity index is 690. The van der Waals surface area contributed by atoms with Gasteiger partial charge in [-0.2, -0.15) is 0 Å². The van der Waals surface area contributed by atoms with Gasteiger partial charge in [0.2, 0.25) is 0 Å². The molecule has 2 amide bonds. The molecule has 1 aliphatic rings. The highest BCUT2D eigenvalue weighted by atomic mass is 19.1. The Kier molecular flexibility index (Phi) is 4.55. The van der Waals surface area contributed by atoms with E-state index in [1.165, 1.54) is 6.07 Å². The fraction of sp³-hybridized carbons (Fsp3) is 0.333. The highest BCUT2D eigenvalue weighted by molar-refractivity contribution is 5.89. The summed E-state index contributed by atoms with van der Waals surface area (Å²) in [5, 5.41) is 2.69. The van der Waals surface area contributed by atoms with Gasteiger partial charge in [-0.1, -0.05) is 12.1 Å². The highest BCUT2D eigenvalue weighted by Crippen LogP contribution is 2.30. The van der Waals surface area contributed by atoms with Crippen LogP contribution in [0.5, 0.6) is 0 Å². The van der Waals surface area contributed by atoms with Gasteiger partial charge in [0.15, 0.2) is 0 Å². The van der Waals surface area contributed by atoms with Gasteiger partial charge < -0.3 is 10.2 Å². The molecule has 1 aromatic carbocycles. The quantitative estimate of drug-likeness (QED) is 0.899.